The van der Waals surface area contributed by atoms with E-state index in [2.05, 4.69) is 5.32 Å². The van der Waals surface area contributed by atoms with Gasteiger partial charge in [0.1, 0.15) is 11.4 Å². The molecule has 0 saturated heterocycles. The number of nitrogens with two attached hydrogens (primary N) is 1. The monoisotopic (exact) mass is 447 g/mol. The number of nitrogens with one attached hydrogen (secondary N) is 1. The molecule has 2 aromatic heterocycles. The van der Waals surface area contributed by atoms with E-state index < -0.39 is 5.91 Å². The van der Waals surface area contributed by atoms with Gasteiger partial charge in [-0.2, -0.15) is 0 Å². The standard InChI is InChI=1S/C24H25N5O4/c1-5-33-21-17(22(25)30)13-28(2)20(21)23-27-18-12-15(8-11-19(18)29(23)3)26-24(31)14-6-9-16(32-4)10-7-14/h6-13H,5H2,1-4H3,(H2,25,30)(H,26,31). The van der Waals surface area contributed by atoms with Crippen LogP contribution in [0.4, 0.5) is 5.69 Å². The Hall–Kier alpha value is -4.27. The van der Waals surface area contributed by atoms with Crippen LogP contribution in [0.15, 0.2) is 48.7 Å². The number of fused-ring (bicyclic) bond motifs is 1. The molecule has 33 heavy (non-hydrogen) atoms. The number of aryl methyl sites for hydroxylation is 2. The summed E-state index contributed by atoms with van der Waals surface area (Å²) in [6, 6.07) is 12.4. The number of carbonyl (C=O) groups excluding carboxylic acids is 2. The number of hydrogen-bond acceptors (Lipinski definition) is 5. The van der Waals surface area contributed by atoms with E-state index in [-0.39, 0.29) is 5.91 Å². The Kier molecular flexibility index (Phi) is 5.78. The van der Waals surface area contributed by atoms with E-state index in [0.717, 1.165) is 5.52 Å². The van der Waals surface area contributed by atoms with Crippen molar-refractivity contribution in [2.45, 2.75) is 6.92 Å². The molecular formula is C24H25N5O4. The predicted octanol–water partition coefficient (Wildman–Crippen LogP) is 3.34. The Morgan fingerprint density at radius 2 is 1.85 bits per heavy atom. The van der Waals surface area contributed by atoms with Crippen LogP contribution in [0.3, 0.4) is 0 Å². The third-order valence-corrected chi connectivity index (χ3v) is 5.39. The second kappa shape index (κ2) is 8.70. The van der Waals surface area contributed by atoms with Crippen molar-refractivity contribution in [3.8, 4) is 23.0 Å². The van der Waals surface area contributed by atoms with E-state index in [1.807, 2.05) is 37.7 Å². The van der Waals surface area contributed by atoms with E-state index in [0.29, 0.717) is 52.0 Å². The lowest BCUT2D eigenvalue weighted by atomic mass is 10.2. The number of imidazole rings is 1. The number of methoxy groups -OCH3 is 1. The number of primary amides is 1. The molecule has 0 spiro atoms. The number of benzene rings is 2. The molecule has 0 bridgehead atoms. The van der Waals surface area contributed by atoms with Crippen molar-refractivity contribution in [1.82, 2.24) is 14.1 Å². The van der Waals surface area contributed by atoms with Gasteiger partial charge in [-0.25, -0.2) is 4.98 Å². The van der Waals surface area contributed by atoms with Gasteiger partial charge in [-0.3, -0.25) is 9.59 Å². The minimum atomic E-state index is -0.567. The average molecular weight is 447 g/mol. The van der Waals surface area contributed by atoms with Gasteiger partial charge < -0.3 is 29.7 Å². The van der Waals surface area contributed by atoms with Gasteiger partial charge in [0.15, 0.2) is 11.6 Å². The van der Waals surface area contributed by atoms with Gasteiger partial charge in [-0.05, 0) is 49.4 Å². The average Bonchev–Trinajstić information content (AvgIpc) is 3.30. The first kappa shape index (κ1) is 21.9. The highest BCUT2D eigenvalue weighted by atomic mass is 16.5. The second-order valence-electron chi connectivity index (χ2n) is 7.51. The van der Waals surface area contributed by atoms with Crippen LogP contribution < -0.4 is 20.5 Å². The van der Waals surface area contributed by atoms with Crippen LogP contribution >= 0.6 is 0 Å². The highest BCUT2D eigenvalue weighted by Gasteiger charge is 2.24. The Bertz CT molecular complexity index is 1350. The van der Waals surface area contributed by atoms with Gasteiger partial charge in [0, 0.05) is 31.5 Å². The summed E-state index contributed by atoms with van der Waals surface area (Å²) in [4.78, 5) is 29.3. The highest BCUT2D eigenvalue weighted by Crippen LogP contribution is 2.36. The molecule has 9 nitrogen and oxygen atoms in total. The third-order valence-electron chi connectivity index (χ3n) is 5.39. The fourth-order valence-corrected chi connectivity index (χ4v) is 3.76. The predicted molar refractivity (Wildman–Crippen MR) is 126 cm³/mol. The summed E-state index contributed by atoms with van der Waals surface area (Å²) in [6.07, 6.45) is 1.64. The number of aromatic nitrogens is 3. The van der Waals surface area contributed by atoms with E-state index in [1.165, 1.54) is 0 Å². The first-order valence-corrected chi connectivity index (χ1v) is 10.4. The minimum Gasteiger partial charge on any atom is -0.497 e. The molecule has 2 heterocycles. The topological polar surface area (TPSA) is 113 Å². The van der Waals surface area contributed by atoms with Crippen molar-refractivity contribution in [2.24, 2.45) is 19.8 Å². The fraction of sp³-hybridized carbons (Fsp3) is 0.208. The molecule has 2 amide bonds. The van der Waals surface area contributed by atoms with Crippen LogP contribution in [0.5, 0.6) is 11.5 Å². The summed E-state index contributed by atoms with van der Waals surface area (Å²) in [6.45, 7) is 2.22. The second-order valence-corrected chi connectivity index (χ2v) is 7.51. The summed E-state index contributed by atoms with van der Waals surface area (Å²) in [5.74, 6) is 0.893. The molecule has 0 atom stereocenters. The molecule has 0 fully saturated rings. The quantitative estimate of drug-likeness (QED) is 0.451. The molecule has 4 rings (SSSR count). The number of carbonyl (C=O) groups is 2. The molecule has 2 aromatic carbocycles. The molecule has 4 aromatic rings. The lowest BCUT2D eigenvalue weighted by molar-refractivity contribution is 0.0994. The van der Waals surface area contributed by atoms with Crippen molar-refractivity contribution >= 4 is 28.5 Å². The largest absolute Gasteiger partial charge is 0.497 e. The number of anilines is 1. The molecule has 170 valence electrons. The molecule has 0 aliphatic carbocycles. The van der Waals surface area contributed by atoms with E-state index in [9.17, 15) is 9.59 Å². The summed E-state index contributed by atoms with van der Waals surface area (Å²) in [7, 11) is 5.27. The smallest absolute Gasteiger partial charge is 0.255 e. The summed E-state index contributed by atoms with van der Waals surface area (Å²) in [5, 5.41) is 2.90. The molecule has 0 aliphatic heterocycles. The summed E-state index contributed by atoms with van der Waals surface area (Å²) in [5.41, 5.74) is 9.16. The van der Waals surface area contributed by atoms with Crippen molar-refractivity contribution in [3.63, 3.8) is 0 Å². The van der Waals surface area contributed by atoms with Crippen molar-refractivity contribution in [1.29, 1.82) is 0 Å². The molecular weight excluding hydrogens is 422 g/mol. The lowest BCUT2D eigenvalue weighted by Crippen LogP contribution is -2.11. The molecule has 0 aliphatic rings. The first-order valence-electron chi connectivity index (χ1n) is 10.4. The van der Waals surface area contributed by atoms with Gasteiger partial charge >= 0.3 is 0 Å². The van der Waals surface area contributed by atoms with Gasteiger partial charge in [0.05, 0.1) is 30.3 Å². The van der Waals surface area contributed by atoms with Crippen LogP contribution in [0.1, 0.15) is 27.6 Å². The molecule has 0 saturated carbocycles. The summed E-state index contributed by atoms with van der Waals surface area (Å²) < 4.78 is 14.6. The van der Waals surface area contributed by atoms with Crippen molar-refractivity contribution in [3.05, 3.63) is 59.8 Å². The Labute approximate surface area is 190 Å². The zero-order chi connectivity index (χ0) is 23.7. The normalized spacial score (nSPS) is 10.9. The summed E-state index contributed by atoms with van der Waals surface area (Å²) >= 11 is 0. The molecule has 0 unspecified atom stereocenters. The number of rotatable bonds is 7. The fourth-order valence-electron chi connectivity index (χ4n) is 3.76. The van der Waals surface area contributed by atoms with Gasteiger partial charge in [-0.15, -0.1) is 0 Å². The Morgan fingerprint density at radius 3 is 2.48 bits per heavy atom. The molecule has 3 N–H and O–H groups in total. The van der Waals surface area contributed by atoms with Crippen LogP contribution in [0.2, 0.25) is 0 Å². The third kappa shape index (κ3) is 4.00. The SMILES string of the molecule is CCOc1c(C(N)=O)cn(C)c1-c1nc2cc(NC(=O)c3ccc(OC)cc3)ccc2n1C. The zero-order valence-electron chi connectivity index (χ0n) is 18.9. The first-order chi connectivity index (χ1) is 15.8. The van der Waals surface area contributed by atoms with Crippen LogP contribution in [-0.4, -0.2) is 39.6 Å². The number of ether oxygens (including phenoxy) is 2. The van der Waals surface area contributed by atoms with E-state index in [1.54, 1.807) is 48.2 Å². The van der Waals surface area contributed by atoms with Crippen molar-refractivity contribution in [2.75, 3.05) is 19.0 Å². The van der Waals surface area contributed by atoms with Crippen LogP contribution in [-0.2, 0) is 14.1 Å². The van der Waals surface area contributed by atoms with Crippen LogP contribution in [0, 0.1) is 0 Å². The highest BCUT2D eigenvalue weighted by molar-refractivity contribution is 6.05. The molecule has 9 heteroatoms. The molecule has 0 radical (unpaired) electrons. The van der Waals surface area contributed by atoms with Gasteiger partial charge in [-0.1, -0.05) is 0 Å². The zero-order valence-corrected chi connectivity index (χ0v) is 18.9. The van der Waals surface area contributed by atoms with Crippen molar-refractivity contribution < 1.29 is 19.1 Å². The lowest BCUT2D eigenvalue weighted by Gasteiger charge is -2.09. The maximum absolute atomic E-state index is 12.6. The minimum absolute atomic E-state index is 0.236. The van der Waals surface area contributed by atoms with Crippen LogP contribution in [0.25, 0.3) is 22.6 Å². The Balaban J connectivity index is 1.70. The number of hydrogen-bond donors (Lipinski definition) is 2. The van der Waals surface area contributed by atoms with E-state index in [4.69, 9.17) is 20.2 Å². The number of nitrogens with zero attached hydrogens (tertiary/aromatic N) is 3. The number of amides is 2. The Morgan fingerprint density at radius 1 is 1.12 bits per heavy atom. The maximum atomic E-state index is 12.6. The van der Waals surface area contributed by atoms with E-state index >= 15 is 0 Å². The maximum Gasteiger partial charge on any atom is 0.255 e. The van der Waals surface area contributed by atoms with Gasteiger partial charge in [0.2, 0.25) is 0 Å². The van der Waals surface area contributed by atoms with Gasteiger partial charge in [0.25, 0.3) is 11.8 Å².